The summed E-state index contributed by atoms with van der Waals surface area (Å²) in [6.45, 7) is 2.34. The molecule has 0 aliphatic carbocycles. The van der Waals surface area contributed by atoms with E-state index < -0.39 is 0 Å². The molecule has 1 aliphatic rings. The zero-order chi connectivity index (χ0) is 26.5. The number of carbonyl (C=O) groups excluding carboxylic acids is 1. The number of H-pyrrole nitrogens is 2. The van der Waals surface area contributed by atoms with Gasteiger partial charge in [0.25, 0.3) is 11.5 Å². The number of benzene rings is 4. The first kappa shape index (κ1) is 23.6. The number of amides is 1. The molecule has 1 aliphatic heterocycles. The highest BCUT2D eigenvalue weighted by Crippen LogP contribution is 2.37. The zero-order valence-electron chi connectivity index (χ0n) is 20.8. The van der Waals surface area contributed by atoms with Crippen molar-refractivity contribution in [3.8, 4) is 22.5 Å². The van der Waals surface area contributed by atoms with E-state index in [0.717, 1.165) is 43.9 Å². The maximum atomic E-state index is 13.1. The molecule has 39 heavy (non-hydrogen) atoms. The Morgan fingerprint density at radius 1 is 0.897 bits per heavy atom. The number of halogens is 1. The van der Waals surface area contributed by atoms with Crippen LogP contribution in [0.3, 0.4) is 0 Å². The standard InChI is InChI=1S/C31H23ClN4O3/c32-25-4-2-1-3-22(25)29-34-27-21-10-9-20(17-24(21)26-23(28(27)35-29)11-12-33-30(26)37)18-5-7-19(8-6-18)31(38)36-13-15-39-16-14-36/h1-12,17H,13-16H2,(H,33,37)(H,34,35). The minimum absolute atomic E-state index is 0.0103. The summed E-state index contributed by atoms with van der Waals surface area (Å²) in [4.78, 5) is 39.0. The highest BCUT2D eigenvalue weighted by molar-refractivity contribution is 6.33. The number of hydrogen-bond acceptors (Lipinski definition) is 4. The molecule has 0 spiro atoms. The van der Waals surface area contributed by atoms with Gasteiger partial charge in [-0.25, -0.2) is 4.98 Å². The molecule has 8 heteroatoms. The highest BCUT2D eigenvalue weighted by atomic mass is 35.5. The van der Waals surface area contributed by atoms with E-state index in [0.29, 0.717) is 48.1 Å². The number of imidazole rings is 1. The predicted octanol–water partition coefficient (Wildman–Crippen LogP) is 6.02. The van der Waals surface area contributed by atoms with Crippen molar-refractivity contribution in [2.75, 3.05) is 26.3 Å². The first-order valence-electron chi connectivity index (χ1n) is 12.8. The number of carbonyl (C=O) groups is 1. The summed E-state index contributed by atoms with van der Waals surface area (Å²) in [5, 5.41) is 3.65. The highest BCUT2D eigenvalue weighted by Gasteiger charge is 2.20. The largest absolute Gasteiger partial charge is 0.378 e. The number of rotatable bonds is 3. The lowest BCUT2D eigenvalue weighted by Gasteiger charge is -2.26. The van der Waals surface area contributed by atoms with Crippen LogP contribution in [0.2, 0.25) is 5.02 Å². The van der Waals surface area contributed by atoms with Crippen LogP contribution in [-0.2, 0) is 4.74 Å². The summed E-state index contributed by atoms with van der Waals surface area (Å²) >= 11 is 6.47. The van der Waals surface area contributed by atoms with Crippen molar-refractivity contribution in [1.82, 2.24) is 19.9 Å². The topological polar surface area (TPSA) is 91.1 Å². The Balaban J connectivity index is 1.37. The fourth-order valence-electron chi connectivity index (χ4n) is 5.39. The third-order valence-corrected chi connectivity index (χ3v) is 7.70. The van der Waals surface area contributed by atoms with Gasteiger partial charge in [0.15, 0.2) is 0 Å². The smallest absolute Gasteiger partial charge is 0.256 e. The molecule has 1 saturated heterocycles. The summed E-state index contributed by atoms with van der Waals surface area (Å²) < 4.78 is 5.36. The second-order valence-electron chi connectivity index (χ2n) is 9.63. The molecule has 6 aromatic rings. The molecular formula is C31H23ClN4O3. The zero-order valence-corrected chi connectivity index (χ0v) is 21.6. The number of morpholine rings is 1. The van der Waals surface area contributed by atoms with E-state index in [4.69, 9.17) is 21.3 Å². The summed E-state index contributed by atoms with van der Waals surface area (Å²) in [5.41, 5.74) is 4.73. The molecule has 0 unspecified atom stereocenters. The van der Waals surface area contributed by atoms with Crippen LogP contribution in [0, 0.1) is 0 Å². The number of fused-ring (bicyclic) bond motifs is 6. The average Bonchev–Trinajstić information content (AvgIpc) is 3.43. The Morgan fingerprint density at radius 2 is 1.67 bits per heavy atom. The molecule has 4 aromatic carbocycles. The Labute approximate surface area is 228 Å². The van der Waals surface area contributed by atoms with E-state index in [9.17, 15) is 9.59 Å². The van der Waals surface area contributed by atoms with Gasteiger partial charge in [0.05, 0.1) is 34.7 Å². The molecule has 3 heterocycles. The first-order valence-corrected chi connectivity index (χ1v) is 13.2. The second-order valence-corrected chi connectivity index (χ2v) is 10.0. The number of pyridine rings is 1. The van der Waals surface area contributed by atoms with Crippen molar-refractivity contribution in [3.63, 3.8) is 0 Å². The maximum Gasteiger partial charge on any atom is 0.256 e. The van der Waals surface area contributed by atoms with Gasteiger partial charge in [0, 0.05) is 41.2 Å². The van der Waals surface area contributed by atoms with Crippen LogP contribution in [0.15, 0.2) is 83.8 Å². The second kappa shape index (κ2) is 9.38. The number of aromatic amines is 2. The van der Waals surface area contributed by atoms with Gasteiger partial charge in [0.1, 0.15) is 5.82 Å². The lowest BCUT2D eigenvalue weighted by molar-refractivity contribution is 0.0303. The molecule has 0 radical (unpaired) electrons. The van der Waals surface area contributed by atoms with Crippen LogP contribution in [-0.4, -0.2) is 52.1 Å². The third kappa shape index (κ3) is 3.98. The van der Waals surface area contributed by atoms with E-state index in [1.807, 2.05) is 77.7 Å². The van der Waals surface area contributed by atoms with E-state index in [1.165, 1.54) is 0 Å². The van der Waals surface area contributed by atoms with Crippen molar-refractivity contribution >= 4 is 50.1 Å². The molecule has 2 aromatic heterocycles. The molecule has 1 fully saturated rings. The minimum atomic E-state index is -0.170. The summed E-state index contributed by atoms with van der Waals surface area (Å²) in [6.07, 6.45) is 1.65. The Morgan fingerprint density at radius 3 is 2.46 bits per heavy atom. The van der Waals surface area contributed by atoms with Crippen molar-refractivity contribution in [3.05, 3.63) is 99.9 Å². The van der Waals surface area contributed by atoms with Gasteiger partial charge in [-0.05, 0) is 52.9 Å². The number of aromatic nitrogens is 3. The molecule has 7 nitrogen and oxygen atoms in total. The normalized spacial score (nSPS) is 13.9. The number of ether oxygens (including phenoxy) is 1. The monoisotopic (exact) mass is 534 g/mol. The molecule has 192 valence electrons. The molecular weight excluding hydrogens is 512 g/mol. The van der Waals surface area contributed by atoms with E-state index in [-0.39, 0.29) is 11.5 Å². The van der Waals surface area contributed by atoms with Gasteiger partial charge >= 0.3 is 0 Å². The van der Waals surface area contributed by atoms with Gasteiger partial charge in [-0.1, -0.05) is 48.0 Å². The van der Waals surface area contributed by atoms with Gasteiger partial charge < -0.3 is 19.6 Å². The fourth-order valence-corrected chi connectivity index (χ4v) is 5.61. The van der Waals surface area contributed by atoms with Crippen LogP contribution >= 0.6 is 11.6 Å². The molecule has 1 amide bonds. The quantitative estimate of drug-likeness (QED) is 0.272. The molecule has 0 bridgehead atoms. The van der Waals surface area contributed by atoms with E-state index in [2.05, 4.69) is 9.97 Å². The molecule has 0 atom stereocenters. The average molecular weight is 535 g/mol. The molecule has 7 rings (SSSR count). The summed E-state index contributed by atoms with van der Waals surface area (Å²) in [6, 6.07) is 23.1. The Kier molecular flexibility index (Phi) is 5.68. The van der Waals surface area contributed by atoms with Crippen LogP contribution in [0.1, 0.15) is 10.4 Å². The number of nitrogens with zero attached hydrogens (tertiary/aromatic N) is 2. The minimum Gasteiger partial charge on any atom is -0.378 e. The number of hydrogen-bond donors (Lipinski definition) is 2. The molecule has 2 N–H and O–H groups in total. The van der Waals surface area contributed by atoms with E-state index >= 15 is 0 Å². The van der Waals surface area contributed by atoms with Gasteiger partial charge in [0.2, 0.25) is 0 Å². The summed E-state index contributed by atoms with van der Waals surface area (Å²) in [7, 11) is 0. The Hall–Kier alpha value is -4.46. The van der Waals surface area contributed by atoms with Crippen molar-refractivity contribution in [2.24, 2.45) is 0 Å². The summed E-state index contributed by atoms with van der Waals surface area (Å²) in [5.74, 6) is 0.658. The SMILES string of the molecule is O=C(c1ccc(-c2ccc3c(c2)c2c(=O)[nH]ccc2c2[nH]c(-c4ccccc4Cl)nc32)cc1)N1CCOCC1. The van der Waals surface area contributed by atoms with Gasteiger partial charge in [-0.15, -0.1) is 0 Å². The van der Waals surface area contributed by atoms with E-state index in [1.54, 1.807) is 6.20 Å². The Bertz CT molecular complexity index is 1950. The van der Waals surface area contributed by atoms with Crippen LogP contribution < -0.4 is 5.56 Å². The predicted molar refractivity (Wildman–Crippen MR) is 154 cm³/mol. The third-order valence-electron chi connectivity index (χ3n) is 7.37. The lowest BCUT2D eigenvalue weighted by Crippen LogP contribution is -2.40. The molecule has 0 saturated carbocycles. The van der Waals surface area contributed by atoms with Crippen molar-refractivity contribution in [1.29, 1.82) is 0 Å². The van der Waals surface area contributed by atoms with Gasteiger partial charge in [-0.2, -0.15) is 0 Å². The van der Waals surface area contributed by atoms with Crippen molar-refractivity contribution in [2.45, 2.75) is 0 Å². The van der Waals surface area contributed by atoms with Crippen molar-refractivity contribution < 1.29 is 9.53 Å². The fraction of sp³-hybridized carbons (Fsp3) is 0.129. The maximum absolute atomic E-state index is 13.1. The van der Waals surface area contributed by atoms with Crippen LogP contribution in [0.4, 0.5) is 0 Å². The lowest BCUT2D eigenvalue weighted by atomic mass is 9.96. The van der Waals surface area contributed by atoms with Crippen LogP contribution in [0.25, 0.3) is 55.1 Å². The van der Waals surface area contributed by atoms with Gasteiger partial charge in [-0.3, -0.25) is 9.59 Å². The first-order chi connectivity index (χ1) is 19.1. The van der Waals surface area contributed by atoms with Crippen LogP contribution in [0.5, 0.6) is 0 Å². The number of nitrogens with one attached hydrogen (secondary N) is 2.